The fraction of sp³-hybridized carbons (Fsp3) is 0.650. The van der Waals surface area contributed by atoms with Crippen molar-refractivity contribution >= 4 is 17.7 Å². The van der Waals surface area contributed by atoms with Crippen molar-refractivity contribution in [3.63, 3.8) is 0 Å². The van der Waals surface area contributed by atoms with Crippen LogP contribution in [0.15, 0.2) is 23.3 Å². The summed E-state index contributed by atoms with van der Waals surface area (Å²) in [6.07, 6.45) is 5.29. The molecule has 1 aliphatic heterocycles. The molecule has 2 heterocycles. The standard InChI is InChI=1S/C20H33N5O3/c1-16-5-6-18(23-15-16)24-19(26)7-10-22-20(21-2)25-11-8-17(9-12-25)28-14-4-13-27-3/h5-6,15,17H,4,7-14H2,1-3H3,(H,21,22)(H,23,24,26). The Kier molecular flexibility index (Phi) is 9.71. The van der Waals surface area contributed by atoms with E-state index < -0.39 is 0 Å². The van der Waals surface area contributed by atoms with Crippen LogP contribution in [0.3, 0.4) is 0 Å². The Morgan fingerprint density at radius 1 is 1.32 bits per heavy atom. The van der Waals surface area contributed by atoms with E-state index in [-0.39, 0.29) is 5.91 Å². The molecule has 0 radical (unpaired) electrons. The van der Waals surface area contributed by atoms with Crippen molar-refractivity contribution in [3.05, 3.63) is 23.9 Å². The van der Waals surface area contributed by atoms with E-state index in [1.54, 1.807) is 26.4 Å². The van der Waals surface area contributed by atoms with Gasteiger partial charge < -0.3 is 25.0 Å². The number of likely N-dealkylation sites (tertiary alicyclic amines) is 1. The van der Waals surface area contributed by atoms with E-state index in [9.17, 15) is 4.79 Å². The third-order valence-corrected chi connectivity index (χ3v) is 4.61. The van der Waals surface area contributed by atoms with Gasteiger partial charge in [-0.15, -0.1) is 0 Å². The number of aryl methyl sites for hydroxylation is 1. The largest absolute Gasteiger partial charge is 0.385 e. The summed E-state index contributed by atoms with van der Waals surface area (Å²) in [5, 5.41) is 6.08. The summed E-state index contributed by atoms with van der Waals surface area (Å²) in [5.74, 6) is 1.34. The number of rotatable bonds is 9. The second-order valence-electron chi connectivity index (χ2n) is 6.90. The Bertz CT molecular complexity index is 613. The molecule has 1 aromatic rings. The first-order valence-electron chi connectivity index (χ1n) is 9.91. The predicted octanol–water partition coefficient (Wildman–Crippen LogP) is 1.81. The molecule has 1 saturated heterocycles. The van der Waals surface area contributed by atoms with Crippen LogP contribution in [0.2, 0.25) is 0 Å². The highest BCUT2D eigenvalue weighted by Crippen LogP contribution is 2.14. The van der Waals surface area contributed by atoms with E-state index in [0.717, 1.165) is 57.1 Å². The molecule has 0 spiro atoms. The lowest BCUT2D eigenvalue weighted by molar-refractivity contribution is -0.116. The summed E-state index contributed by atoms with van der Waals surface area (Å²) in [7, 11) is 3.48. The van der Waals surface area contributed by atoms with Crippen LogP contribution in [-0.2, 0) is 14.3 Å². The number of aliphatic imine (C=N–C) groups is 1. The first-order valence-corrected chi connectivity index (χ1v) is 9.91. The topological polar surface area (TPSA) is 88.1 Å². The average Bonchev–Trinajstić information content (AvgIpc) is 2.71. The maximum atomic E-state index is 12.1. The van der Waals surface area contributed by atoms with Gasteiger partial charge in [0.15, 0.2) is 5.96 Å². The highest BCUT2D eigenvalue weighted by molar-refractivity contribution is 5.90. The number of carbonyl (C=O) groups excluding carboxylic acids is 1. The summed E-state index contributed by atoms with van der Waals surface area (Å²) in [5.41, 5.74) is 1.06. The van der Waals surface area contributed by atoms with Crippen molar-refractivity contribution in [1.82, 2.24) is 15.2 Å². The molecular weight excluding hydrogens is 358 g/mol. The van der Waals surface area contributed by atoms with Gasteiger partial charge in [0.1, 0.15) is 5.82 Å². The highest BCUT2D eigenvalue weighted by Gasteiger charge is 2.21. The van der Waals surface area contributed by atoms with Crippen LogP contribution in [-0.4, -0.2) is 74.9 Å². The Balaban J connectivity index is 1.64. The van der Waals surface area contributed by atoms with Crippen molar-refractivity contribution in [2.45, 2.75) is 38.7 Å². The number of methoxy groups -OCH3 is 1. The van der Waals surface area contributed by atoms with Crippen molar-refractivity contribution in [1.29, 1.82) is 0 Å². The molecule has 0 bridgehead atoms. The van der Waals surface area contributed by atoms with Gasteiger partial charge >= 0.3 is 0 Å². The SMILES string of the molecule is CN=C(NCCC(=O)Nc1ccc(C)cn1)N1CCC(OCCCOC)CC1. The Morgan fingerprint density at radius 2 is 2.11 bits per heavy atom. The van der Waals surface area contributed by atoms with Gasteiger partial charge in [0.05, 0.1) is 6.10 Å². The third-order valence-electron chi connectivity index (χ3n) is 4.61. The number of hydrogen-bond acceptors (Lipinski definition) is 5. The minimum Gasteiger partial charge on any atom is -0.385 e. The van der Waals surface area contributed by atoms with E-state index >= 15 is 0 Å². The molecule has 1 fully saturated rings. The lowest BCUT2D eigenvalue weighted by atomic mass is 10.1. The molecule has 8 nitrogen and oxygen atoms in total. The normalized spacial score (nSPS) is 15.5. The number of carbonyl (C=O) groups is 1. The molecule has 1 aromatic heterocycles. The van der Waals surface area contributed by atoms with Crippen molar-refractivity contribution in [3.8, 4) is 0 Å². The molecule has 1 amide bonds. The maximum Gasteiger partial charge on any atom is 0.227 e. The molecular formula is C20H33N5O3. The van der Waals surface area contributed by atoms with Crippen LogP contribution in [0.5, 0.6) is 0 Å². The number of amides is 1. The fourth-order valence-electron chi connectivity index (χ4n) is 3.05. The number of aromatic nitrogens is 1. The summed E-state index contributed by atoms with van der Waals surface area (Å²) in [6, 6.07) is 3.73. The van der Waals surface area contributed by atoms with Crippen LogP contribution in [0, 0.1) is 6.92 Å². The number of guanidine groups is 1. The van der Waals surface area contributed by atoms with Crippen LogP contribution in [0.1, 0.15) is 31.2 Å². The zero-order valence-corrected chi connectivity index (χ0v) is 17.2. The zero-order valence-electron chi connectivity index (χ0n) is 17.2. The fourth-order valence-corrected chi connectivity index (χ4v) is 3.05. The Morgan fingerprint density at radius 3 is 2.75 bits per heavy atom. The van der Waals surface area contributed by atoms with Crippen molar-refractivity contribution in [2.24, 2.45) is 4.99 Å². The third kappa shape index (κ3) is 7.82. The lowest BCUT2D eigenvalue weighted by Crippen LogP contribution is -2.47. The van der Waals surface area contributed by atoms with Crippen LogP contribution >= 0.6 is 0 Å². The van der Waals surface area contributed by atoms with Gasteiger partial charge in [0, 0.05) is 59.6 Å². The predicted molar refractivity (Wildman–Crippen MR) is 111 cm³/mol. The molecule has 0 unspecified atom stereocenters. The van der Waals surface area contributed by atoms with Crippen LogP contribution in [0.25, 0.3) is 0 Å². The average molecular weight is 392 g/mol. The Labute approximate surface area is 167 Å². The molecule has 0 saturated carbocycles. The summed E-state index contributed by atoms with van der Waals surface area (Å²) in [4.78, 5) is 22.8. The number of nitrogens with zero attached hydrogens (tertiary/aromatic N) is 3. The first-order chi connectivity index (χ1) is 13.6. The first kappa shape index (κ1) is 22.1. The second-order valence-corrected chi connectivity index (χ2v) is 6.90. The number of piperidine rings is 1. The maximum absolute atomic E-state index is 12.1. The van der Waals surface area contributed by atoms with Gasteiger partial charge in [0.25, 0.3) is 0 Å². The minimum absolute atomic E-state index is 0.0672. The number of ether oxygens (including phenoxy) is 2. The monoisotopic (exact) mass is 391 g/mol. The van der Waals surface area contributed by atoms with E-state index in [1.165, 1.54) is 0 Å². The van der Waals surface area contributed by atoms with Gasteiger partial charge in [-0.05, 0) is 37.8 Å². The molecule has 2 rings (SSSR count). The van der Waals surface area contributed by atoms with Crippen molar-refractivity contribution in [2.75, 3.05) is 52.3 Å². The number of anilines is 1. The van der Waals surface area contributed by atoms with E-state index in [4.69, 9.17) is 9.47 Å². The number of nitrogens with one attached hydrogen (secondary N) is 2. The molecule has 8 heteroatoms. The minimum atomic E-state index is -0.0672. The van der Waals surface area contributed by atoms with Crippen LogP contribution in [0.4, 0.5) is 5.82 Å². The van der Waals surface area contributed by atoms with Gasteiger partial charge in [0.2, 0.25) is 5.91 Å². The lowest BCUT2D eigenvalue weighted by Gasteiger charge is -2.34. The van der Waals surface area contributed by atoms with Gasteiger partial charge in [-0.3, -0.25) is 9.79 Å². The quantitative estimate of drug-likeness (QED) is 0.379. The summed E-state index contributed by atoms with van der Waals surface area (Å²) < 4.78 is 10.9. The van der Waals surface area contributed by atoms with Gasteiger partial charge in [-0.2, -0.15) is 0 Å². The molecule has 2 N–H and O–H groups in total. The highest BCUT2D eigenvalue weighted by atomic mass is 16.5. The van der Waals surface area contributed by atoms with E-state index in [1.807, 2.05) is 13.0 Å². The summed E-state index contributed by atoms with van der Waals surface area (Å²) in [6.45, 7) is 5.77. The number of hydrogen-bond donors (Lipinski definition) is 2. The molecule has 156 valence electrons. The van der Waals surface area contributed by atoms with Gasteiger partial charge in [-0.1, -0.05) is 6.07 Å². The molecule has 28 heavy (non-hydrogen) atoms. The molecule has 0 aliphatic carbocycles. The van der Waals surface area contributed by atoms with Crippen LogP contribution < -0.4 is 10.6 Å². The second kappa shape index (κ2) is 12.3. The summed E-state index contributed by atoms with van der Waals surface area (Å²) >= 11 is 0. The van der Waals surface area contributed by atoms with Gasteiger partial charge in [-0.25, -0.2) is 4.98 Å². The number of pyridine rings is 1. The zero-order chi connectivity index (χ0) is 20.2. The smallest absolute Gasteiger partial charge is 0.227 e. The van der Waals surface area contributed by atoms with E-state index in [2.05, 4.69) is 25.5 Å². The molecule has 0 atom stereocenters. The molecule has 1 aliphatic rings. The van der Waals surface area contributed by atoms with E-state index in [0.29, 0.717) is 24.9 Å². The molecule has 0 aromatic carbocycles. The Hall–Kier alpha value is -2.19. The van der Waals surface area contributed by atoms with Crippen molar-refractivity contribution < 1.29 is 14.3 Å².